The molecule has 1 heterocycles. The molecule has 0 spiro atoms. The number of hydrogen-bond acceptors (Lipinski definition) is 3. The molecule has 0 saturated heterocycles. The Morgan fingerprint density at radius 3 is 3.00 bits per heavy atom. The Labute approximate surface area is 98.7 Å². The van der Waals surface area contributed by atoms with E-state index in [0.717, 1.165) is 16.7 Å². The second-order valence-corrected chi connectivity index (χ2v) is 3.99. The zero-order valence-corrected chi connectivity index (χ0v) is 9.80. The van der Waals surface area contributed by atoms with Crippen LogP contribution >= 0.6 is 0 Å². The summed E-state index contributed by atoms with van der Waals surface area (Å²) in [5.74, 6) is 0.639. The summed E-state index contributed by atoms with van der Waals surface area (Å²) < 4.78 is 5.37. The Morgan fingerprint density at radius 2 is 2.29 bits per heavy atom. The molecular weight excluding hydrogens is 220 g/mol. The zero-order chi connectivity index (χ0) is 12.4. The van der Waals surface area contributed by atoms with Gasteiger partial charge in [-0.3, -0.25) is 0 Å². The van der Waals surface area contributed by atoms with Crippen molar-refractivity contribution < 1.29 is 14.3 Å². The Balaban J connectivity index is 2.11. The average molecular weight is 234 g/mol. The van der Waals surface area contributed by atoms with E-state index in [4.69, 9.17) is 9.52 Å². The van der Waals surface area contributed by atoms with Crippen molar-refractivity contribution >= 4 is 17.2 Å². The lowest BCUT2D eigenvalue weighted by Crippen LogP contribution is -2.26. The smallest absolute Gasteiger partial charge is 0.407 e. The number of nitrogens with zero attached hydrogens (tertiary/aromatic N) is 2. The van der Waals surface area contributed by atoms with E-state index in [1.807, 2.05) is 18.2 Å². The van der Waals surface area contributed by atoms with Crippen molar-refractivity contribution in [1.29, 1.82) is 0 Å². The highest BCUT2D eigenvalue weighted by Crippen LogP contribution is 2.17. The van der Waals surface area contributed by atoms with Gasteiger partial charge in [0.05, 0.1) is 0 Å². The molecule has 2 rings (SSSR count). The lowest BCUT2D eigenvalue weighted by atomic mass is 10.1. The molecule has 2 aromatic rings. The third-order valence-corrected chi connectivity index (χ3v) is 2.62. The predicted octanol–water partition coefficient (Wildman–Crippen LogP) is 2.29. The van der Waals surface area contributed by atoms with Crippen molar-refractivity contribution in [2.24, 2.45) is 0 Å². The molecule has 0 bridgehead atoms. The number of hydrogen-bond donors (Lipinski definition) is 1. The first-order chi connectivity index (χ1) is 8.06. The van der Waals surface area contributed by atoms with Gasteiger partial charge in [0.1, 0.15) is 5.52 Å². The fourth-order valence-electron chi connectivity index (χ4n) is 1.64. The van der Waals surface area contributed by atoms with Gasteiger partial charge in [-0.2, -0.15) is 0 Å². The van der Waals surface area contributed by atoms with Gasteiger partial charge in [-0.05, 0) is 24.1 Å². The molecule has 0 aliphatic rings. The largest absolute Gasteiger partial charge is 0.465 e. The fraction of sp³-hybridized carbons (Fsp3) is 0.333. The Morgan fingerprint density at radius 1 is 1.53 bits per heavy atom. The summed E-state index contributed by atoms with van der Waals surface area (Å²) in [4.78, 5) is 16.1. The van der Waals surface area contributed by atoms with E-state index >= 15 is 0 Å². The van der Waals surface area contributed by atoms with Crippen LogP contribution in [0, 0.1) is 6.92 Å². The van der Waals surface area contributed by atoms with E-state index in [1.54, 1.807) is 14.0 Å². The Kier molecular flexibility index (Phi) is 2.99. The molecule has 0 saturated carbocycles. The van der Waals surface area contributed by atoms with Gasteiger partial charge in [0.15, 0.2) is 11.5 Å². The van der Waals surface area contributed by atoms with Crippen molar-refractivity contribution in [3.63, 3.8) is 0 Å². The standard InChI is InChI=1S/C12H14N2O3/c1-8-13-10-7-9(3-4-11(10)17-8)5-6-14(2)12(15)16/h3-4,7H,5-6H2,1-2H3,(H,15,16). The van der Waals surface area contributed by atoms with E-state index in [0.29, 0.717) is 18.9 Å². The second kappa shape index (κ2) is 4.45. The van der Waals surface area contributed by atoms with Crippen LogP contribution in [0.2, 0.25) is 0 Å². The normalized spacial score (nSPS) is 10.7. The van der Waals surface area contributed by atoms with Crippen LogP contribution in [0.1, 0.15) is 11.5 Å². The van der Waals surface area contributed by atoms with Gasteiger partial charge in [-0.25, -0.2) is 9.78 Å². The summed E-state index contributed by atoms with van der Waals surface area (Å²) in [6, 6.07) is 5.73. The summed E-state index contributed by atoms with van der Waals surface area (Å²) in [7, 11) is 1.56. The minimum absolute atomic E-state index is 0.470. The number of carbonyl (C=O) groups is 1. The van der Waals surface area contributed by atoms with Crippen LogP contribution < -0.4 is 0 Å². The summed E-state index contributed by atoms with van der Waals surface area (Å²) in [6.07, 6.45) is -0.242. The molecule has 5 nitrogen and oxygen atoms in total. The number of carboxylic acid groups (broad SMARTS) is 1. The molecule has 0 aliphatic carbocycles. The molecule has 1 aromatic carbocycles. The topological polar surface area (TPSA) is 66.6 Å². The number of benzene rings is 1. The summed E-state index contributed by atoms with van der Waals surface area (Å²) >= 11 is 0. The third-order valence-electron chi connectivity index (χ3n) is 2.62. The summed E-state index contributed by atoms with van der Waals surface area (Å²) in [5, 5.41) is 8.73. The maximum absolute atomic E-state index is 10.6. The molecule has 1 N–H and O–H groups in total. The molecular formula is C12H14N2O3. The van der Waals surface area contributed by atoms with Crippen molar-refractivity contribution in [1.82, 2.24) is 9.88 Å². The van der Waals surface area contributed by atoms with Crippen LogP contribution in [-0.4, -0.2) is 34.7 Å². The average Bonchev–Trinajstić information content (AvgIpc) is 2.64. The Hall–Kier alpha value is -2.04. The number of oxazole rings is 1. The van der Waals surface area contributed by atoms with Crippen molar-refractivity contribution in [3.8, 4) is 0 Å². The van der Waals surface area contributed by atoms with E-state index in [1.165, 1.54) is 4.90 Å². The first-order valence-corrected chi connectivity index (χ1v) is 5.36. The Bertz CT molecular complexity index is 548. The maximum atomic E-state index is 10.6. The minimum Gasteiger partial charge on any atom is -0.465 e. The molecule has 1 amide bonds. The van der Waals surface area contributed by atoms with Gasteiger partial charge in [0, 0.05) is 20.5 Å². The molecule has 1 aromatic heterocycles. The van der Waals surface area contributed by atoms with E-state index in [-0.39, 0.29) is 0 Å². The molecule has 0 radical (unpaired) electrons. The molecule has 0 fully saturated rings. The maximum Gasteiger partial charge on any atom is 0.407 e. The van der Waals surface area contributed by atoms with E-state index in [2.05, 4.69) is 4.98 Å². The number of aromatic nitrogens is 1. The highest BCUT2D eigenvalue weighted by molar-refractivity contribution is 5.73. The lowest BCUT2D eigenvalue weighted by molar-refractivity contribution is 0.156. The SMILES string of the molecule is Cc1nc2cc(CCN(C)C(=O)O)ccc2o1. The zero-order valence-electron chi connectivity index (χ0n) is 9.80. The number of aryl methyl sites for hydroxylation is 1. The quantitative estimate of drug-likeness (QED) is 0.884. The minimum atomic E-state index is -0.914. The van der Waals surface area contributed by atoms with Crippen LogP contribution in [0.3, 0.4) is 0 Å². The molecule has 0 unspecified atom stereocenters. The van der Waals surface area contributed by atoms with Crippen LogP contribution in [-0.2, 0) is 6.42 Å². The second-order valence-electron chi connectivity index (χ2n) is 3.99. The molecule has 0 atom stereocenters. The first kappa shape index (κ1) is 11.4. The van der Waals surface area contributed by atoms with Gasteiger partial charge in [-0.1, -0.05) is 6.07 Å². The molecule has 0 aliphatic heterocycles. The number of fused-ring (bicyclic) bond motifs is 1. The lowest BCUT2D eigenvalue weighted by Gasteiger charge is -2.12. The summed E-state index contributed by atoms with van der Waals surface area (Å²) in [6.45, 7) is 2.27. The van der Waals surface area contributed by atoms with Gasteiger partial charge < -0.3 is 14.4 Å². The van der Waals surface area contributed by atoms with Crippen LogP contribution in [0.4, 0.5) is 4.79 Å². The van der Waals surface area contributed by atoms with Crippen LogP contribution in [0.15, 0.2) is 22.6 Å². The monoisotopic (exact) mass is 234 g/mol. The highest BCUT2D eigenvalue weighted by Gasteiger charge is 2.07. The third kappa shape index (κ3) is 2.55. The van der Waals surface area contributed by atoms with Gasteiger partial charge in [0.2, 0.25) is 0 Å². The number of amides is 1. The van der Waals surface area contributed by atoms with Crippen molar-refractivity contribution in [3.05, 3.63) is 29.7 Å². The van der Waals surface area contributed by atoms with Crippen molar-refractivity contribution in [2.45, 2.75) is 13.3 Å². The number of rotatable bonds is 3. The molecule has 90 valence electrons. The van der Waals surface area contributed by atoms with E-state index in [9.17, 15) is 4.79 Å². The predicted molar refractivity (Wildman–Crippen MR) is 63.1 cm³/mol. The van der Waals surface area contributed by atoms with Crippen LogP contribution in [0.25, 0.3) is 11.1 Å². The summed E-state index contributed by atoms with van der Waals surface area (Å²) in [5.41, 5.74) is 2.63. The fourth-order valence-corrected chi connectivity index (χ4v) is 1.64. The van der Waals surface area contributed by atoms with Gasteiger partial charge in [0.25, 0.3) is 0 Å². The number of likely N-dealkylation sites (N-methyl/N-ethyl adjacent to an activating group) is 1. The first-order valence-electron chi connectivity index (χ1n) is 5.36. The molecule has 17 heavy (non-hydrogen) atoms. The van der Waals surface area contributed by atoms with Crippen LogP contribution in [0.5, 0.6) is 0 Å². The highest BCUT2D eigenvalue weighted by atomic mass is 16.4. The van der Waals surface area contributed by atoms with Gasteiger partial charge in [-0.15, -0.1) is 0 Å². The van der Waals surface area contributed by atoms with Gasteiger partial charge >= 0.3 is 6.09 Å². The van der Waals surface area contributed by atoms with Crippen molar-refractivity contribution in [2.75, 3.05) is 13.6 Å². The van der Waals surface area contributed by atoms with E-state index < -0.39 is 6.09 Å². The molecule has 5 heteroatoms.